The normalized spacial score (nSPS) is 14.9. The number of nitrogens with one attached hydrogen (secondary N) is 1. The standard InChI is InChI=1S/C15H18N2O/c1-11-8-17-15(18-11)10-16-9-12-3-2-4-14(7-12)13-5-6-13/h2-4,7-8,13,16H,5-6,9-10H2,1H3. The minimum atomic E-state index is 0.682. The zero-order chi connectivity index (χ0) is 12.4. The molecule has 0 unspecified atom stereocenters. The molecule has 1 N–H and O–H groups in total. The second-order valence-electron chi connectivity index (χ2n) is 4.99. The van der Waals surface area contributed by atoms with E-state index in [0.29, 0.717) is 6.54 Å². The van der Waals surface area contributed by atoms with Crippen LogP contribution in [0, 0.1) is 6.92 Å². The van der Waals surface area contributed by atoms with Gasteiger partial charge in [-0.1, -0.05) is 24.3 Å². The summed E-state index contributed by atoms with van der Waals surface area (Å²) in [6.07, 6.45) is 4.46. The van der Waals surface area contributed by atoms with Gasteiger partial charge < -0.3 is 9.73 Å². The SMILES string of the molecule is Cc1cnc(CNCc2cccc(C3CC3)c2)o1. The molecule has 1 heterocycles. The number of hydrogen-bond donors (Lipinski definition) is 1. The summed E-state index contributed by atoms with van der Waals surface area (Å²) in [6.45, 7) is 3.46. The van der Waals surface area contributed by atoms with Crippen LogP contribution in [0.2, 0.25) is 0 Å². The van der Waals surface area contributed by atoms with Gasteiger partial charge in [0.25, 0.3) is 0 Å². The first-order valence-corrected chi connectivity index (χ1v) is 6.52. The summed E-state index contributed by atoms with van der Waals surface area (Å²) < 4.78 is 5.42. The maximum absolute atomic E-state index is 5.42. The quantitative estimate of drug-likeness (QED) is 0.875. The monoisotopic (exact) mass is 242 g/mol. The summed E-state index contributed by atoms with van der Waals surface area (Å²) in [5.41, 5.74) is 2.82. The molecule has 0 aliphatic heterocycles. The molecule has 1 aromatic heterocycles. The molecule has 3 nitrogen and oxygen atoms in total. The average Bonchev–Trinajstić information content (AvgIpc) is 3.14. The molecule has 0 bridgehead atoms. The molecular formula is C15H18N2O. The predicted molar refractivity (Wildman–Crippen MR) is 70.2 cm³/mol. The number of nitrogens with zero attached hydrogens (tertiary/aromatic N) is 1. The number of oxazole rings is 1. The Morgan fingerprint density at radius 3 is 2.94 bits per heavy atom. The van der Waals surface area contributed by atoms with Crippen LogP contribution >= 0.6 is 0 Å². The highest BCUT2D eigenvalue weighted by atomic mass is 16.4. The van der Waals surface area contributed by atoms with Gasteiger partial charge in [-0.3, -0.25) is 0 Å². The lowest BCUT2D eigenvalue weighted by molar-refractivity contribution is 0.449. The second-order valence-corrected chi connectivity index (χ2v) is 4.99. The van der Waals surface area contributed by atoms with Crippen LogP contribution < -0.4 is 5.32 Å². The molecule has 18 heavy (non-hydrogen) atoms. The molecule has 3 rings (SSSR count). The molecular weight excluding hydrogens is 224 g/mol. The van der Waals surface area contributed by atoms with Crippen molar-refractivity contribution in [1.82, 2.24) is 10.3 Å². The molecule has 1 aliphatic carbocycles. The fourth-order valence-electron chi connectivity index (χ4n) is 2.17. The molecule has 0 atom stereocenters. The first kappa shape index (κ1) is 11.5. The van der Waals surface area contributed by atoms with E-state index in [9.17, 15) is 0 Å². The van der Waals surface area contributed by atoms with E-state index in [2.05, 4.69) is 34.6 Å². The van der Waals surface area contributed by atoms with Gasteiger partial charge in [0.2, 0.25) is 5.89 Å². The minimum absolute atomic E-state index is 0.682. The molecule has 0 saturated heterocycles. The predicted octanol–water partition coefficient (Wildman–Crippen LogP) is 3.15. The number of rotatable bonds is 5. The van der Waals surface area contributed by atoms with Crippen LogP contribution in [0.4, 0.5) is 0 Å². The van der Waals surface area contributed by atoms with Gasteiger partial charge >= 0.3 is 0 Å². The Bertz CT molecular complexity index is 529. The summed E-state index contributed by atoms with van der Waals surface area (Å²) in [6, 6.07) is 8.86. The smallest absolute Gasteiger partial charge is 0.208 e. The Labute approximate surface area is 107 Å². The number of aromatic nitrogens is 1. The van der Waals surface area contributed by atoms with Crippen LogP contribution in [0.3, 0.4) is 0 Å². The van der Waals surface area contributed by atoms with Crippen LogP contribution in [0.15, 0.2) is 34.9 Å². The van der Waals surface area contributed by atoms with Crippen molar-refractivity contribution >= 4 is 0 Å². The zero-order valence-corrected chi connectivity index (χ0v) is 10.6. The van der Waals surface area contributed by atoms with Crippen LogP contribution in [0.5, 0.6) is 0 Å². The first-order valence-electron chi connectivity index (χ1n) is 6.52. The fraction of sp³-hybridized carbons (Fsp3) is 0.400. The maximum atomic E-state index is 5.42. The molecule has 1 aliphatic rings. The van der Waals surface area contributed by atoms with E-state index < -0.39 is 0 Å². The Hall–Kier alpha value is -1.61. The summed E-state index contributed by atoms with van der Waals surface area (Å²) >= 11 is 0. The Balaban J connectivity index is 1.54. The van der Waals surface area contributed by atoms with Gasteiger partial charge in [-0.15, -0.1) is 0 Å². The van der Waals surface area contributed by atoms with Gasteiger partial charge in [-0.2, -0.15) is 0 Å². The van der Waals surface area contributed by atoms with Gasteiger partial charge in [0, 0.05) is 6.54 Å². The topological polar surface area (TPSA) is 38.1 Å². The van der Waals surface area contributed by atoms with E-state index in [1.165, 1.54) is 24.0 Å². The van der Waals surface area contributed by atoms with Gasteiger partial charge in [0.15, 0.2) is 0 Å². The van der Waals surface area contributed by atoms with Crippen molar-refractivity contribution in [2.24, 2.45) is 0 Å². The van der Waals surface area contributed by atoms with Crippen molar-refractivity contribution in [2.75, 3.05) is 0 Å². The van der Waals surface area contributed by atoms with Crippen LogP contribution in [0.1, 0.15) is 41.5 Å². The minimum Gasteiger partial charge on any atom is -0.445 e. The zero-order valence-electron chi connectivity index (χ0n) is 10.6. The third kappa shape index (κ3) is 2.79. The van der Waals surface area contributed by atoms with E-state index in [0.717, 1.165) is 24.1 Å². The van der Waals surface area contributed by atoms with Crippen LogP contribution in [-0.4, -0.2) is 4.98 Å². The molecule has 1 aromatic carbocycles. The van der Waals surface area contributed by atoms with E-state index in [1.54, 1.807) is 6.20 Å². The molecule has 1 saturated carbocycles. The van der Waals surface area contributed by atoms with Crippen molar-refractivity contribution in [3.8, 4) is 0 Å². The summed E-state index contributed by atoms with van der Waals surface area (Å²) in [5, 5.41) is 3.36. The van der Waals surface area contributed by atoms with Crippen molar-refractivity contribution in [2.45, 2.75) is 38.8 Å². The van der Waals surface area contributed by atoms with E-state index in [4.69, 9.17) is 4.42 Å². The lowest BCUT2D eigenvalue weighted by atomic mass is 10.1. The van der Waals surface area contributed by atoms with Gasteiger partial charge in [-0.25, -0.2) is 4.98 Å². The van der Waals surface area contributed by atoms with E-state index in [-0.39, 0.29) is 0 Å². The van der Waals surface area contributed by atoms with Crippen LogP contribution in [-0.2, 0) is 13.1 Å². The van der Waals surface area contributed by atoms with Crippen molar-refractivity contribution in [3.05, 3.63) is 53.2 Å². The Morgan fingerprint density at radius 1 is 1.33 bits per heavy atom. The number of hydrogen-bond acceptors (Lipinski definition) is 3. The van der Waals surface area contributed by atoms with E-state index >= 15 is 0 Å². The van der Waals surface area contributed by atoms with E-state index in [1.807, 2.05) is 6.92 Å². The third-order valence-electron chi connectivity index (χ3n) is 3.27. The first-order chi connectivity index (χ1) is 8.81. The lowest BCUT2D eigenvalue weighted by Gasteiger charge is -2.05. The average molecular weight is 242 g/mol. The summed E-state index contributed by atoms with van der Waals surface area (Å²) in [5.74, 6) is 2.44. The molecule has 3 heteroatoms. The second kappa shape index (κ2) is 4.94. The van der Waals surface area contributed by atoms with Crippen LogP contribution in [0.25, 0.3) is 0 Å². The van der Waals surface area contributed by atoms with Crippen molar-refractivity contribution < 1.29 is 4.42 Å². The van der Waals surface area contributed by atoms with Crippen molar-refractivity contribution in [3.63, 3.8) is 0 Å². The van der Waals surface area contributed by atoms with Gasteiger partial charge in [-0.05, 0) is 36.8 Å². The maximum Gasteiger partial charge on any atom is 0.208 e. The fourth-order valence-corrected chi connectivity index (χ4v) is 2.17. The highest BCUT2D eigenvalue weighted by Crippen LogP contribution is 2.40. The molecule has 0 radical (unpaired) electrons. The van der Waals surface area contributed by atoms with Gasteiger partial charge in [0.1, 0.15) is 5.76 Å². The Kier molecular flexibility index (Phi) is 3.15. The highest BCUT2D eigenvalue weighted by Gasteiger charge is 2.23. The number of aryl methyl sites for hydroxylation is 1. The highest BCUT2D eigenvalue weighted by molar-refractivity contribution is 5.29. The third-order valence-corrected chi connectivity index (χ3v) is 3.27. The largest absolute Gasteiger partial charge is 0.445 e. The molecule has 94 valence electrons. The molecule has 0 amide bonds. The van der Waals surface area contributed by atoms with Crippen molar-refractivity contribution in [1.29, 1.82) is 0 Å². The lowest BCUT2D eigenvalue weighted by Crippen LogP contribution is -2.12. The summed E-state index contributed by atoms with van der Waals surface area (Å²) in [4.78, 5) is 4.17. The molecule has 1 fully saturated rings. The molecule has 0 spiro atoms. The van der Waals surface area contributed by atoms with Gasteiger partial charge in [0.05, 0.1) is 12.7 Å². The summed E-state index contributed by atoms with van der Waals surface area (Å²) in [7, 11) is 0. The molecule has 2 aromatic rings. The Morgan fingerprint density at radius 2 is 2.22 bits per heavy atom. The number of benzene rings is 1.